The average Bonchev–Trinajstić information content (AvgIpc) is 3.21. The number of carboxylic acid groups (broad SMARTS) is 1. The van der Waals surface area contributed by atoms with Crippen molar-refractivity contribution in [2.45, 2.75) is 82.0 Å². The van der Waals surface area contributed by atoms with Crippen LogP contribution in [0.1, 0.15) is 64.7 Å². The van der Waals surface area contributed by atoms with Crippen LogP contribution in [0, 0.1) is 28.6 Å². The molecule has 4 N–H and O–H groups in total. The highest BCUT2D eigenvalue weighted by Gasteiger charge is 2.73. The van der Waals surface area contributed by atoms with Crippen LogP contribution in [0.25, 0.3) is 0 Å². The summed E-state index contributed by atoms with van der Waals surface area (Å²) >= 11 is 0. The Morgan fingerprint density at radius 3 is 2.47 bits per heavy atom. The summed E-state index contributed by atoms with van der Waals surface area (Å²) in [5.74, 6) is -1.82. The zero-order valence-electron chi connectivity index (χ0n) is 17.5. The molecule has 0 spiro atoms. The minimum atomic E-state index is -1.44. The van der Waals surface area contributed by atoms with E-state index < -0.39 is 34.1 Å². The Labute approximate surface area is 176 Å². The lowest BCUT2D eigenvalue weighted by Crippen LogP contribution is -2.70. The maximum atomic E-state index is 12.7. The van der Waals surface area contributed by atoms with Crippen LogP contribution >= 0.6 is 0 Å². The molecule has 5 rings (SSSR count). The van der Waals surface area contributed by atoms with Crippen molar-refractivity contribution >= 4 is 11.9 Å². The molecular formula is C23H32O7. The van der Waals surface area contributed by atoms with Crippen LogP contribution in [-0.4, -0.2) is 56.3 Å². The van der Waals surface area contributed by atoms with Crippen LogP contribution in [0.15, 0.2) is 11.6 Å². The summed E-state index contributed by atoms with van der Waals surface area (Å²) < 4.78 is 5.14. The van der Waals surface area contributed by atoms with Gasteiger partial charge in [0.05, 0.1) is 22.7 Å². The summed E-state index contributed by atoms with van der Waals surface area (Å²) in [5, 5.41) is 44.1. The van der Waals surface area contributed by atoms with Crippen molar-refractivity contribution in [3.05, 3.63) is 11.6 Å². The van der Waals surface area contributed by atoms with Crippen molar-refractivity contribution < 1.29 is 34.8 Å². The smallest absolute Gasteiger partial charge is 0.331 e. The summed E-state index contributed by atoms with van der Waals surface area (Å²) in [7, 11) is 0. The Kier molecular flexibility index (Phi) is 4.30. The van der Waals surface area contributed by atoms with E-state index in [0.717, 1.165) is 12.0 Å². The first-order chi connectivity index (χ1) is 14.1. The first kappa shape index (κ1) is 20.5. The monoisotopic (exact) mass is 420 g/mol. The lowest BCUT2D eigenvalue weighted by molar-refractivity contribution is -0.260. The van der Waals surface area contributed by atoms with Gasteiger partial charge in [-0.25, -0.2) is 4.79 Å². The molecule has 0 amide bonds. The van der Waals surface area contributed by atoms with E-state index in [1.165, 1.54) is 0 Å². The van der Waals surface area contributed by atoms with Crippen molar-refractivity contribution in [1.82, 2.24) is 0 Å². The number of carbonyl (C=O) groups excluding carboxylic acids is 1. The van der Waals surface area contributed by atoms with Crippen molar-refractivity contribution in [3.8, 4) is 0 Å². The minimum Gasteiger partial charge on any atom is -0.481 e. The van der Waals surface area contributed by atoms with Gasteiger partial charge in [-0.1, -0.05) is 6.92 Å². The van der Waals surface area contributed by atoms with Crippen LogP contribution in [0.5, 0.6) is 0 Å². The lowest BCUT2D eigenvalue weighted by atomic mass is 9.41. The van der Waals surface area contributed by atoms with Gasteiger partial charge in [0.15, 0.2) is 0 Å². The van der Waals surface area contributed by atoms with E-state index in [-0.39, 0.29) is 49.6 Å². The number of aliphatic hydroxyl groups excluding tert-OH is 1. The third-order valence-corrected chi connectivity index (χ3v) is 9.94. The molecule has 8 atom stereocenters. The lowest BCUT2D eigenvalue weighted by Gasteiger charge is -2.65. The Bertz CT molecular complexity index is 822. The average molecular weight is 421 g/mol. The fourth-order valence-electron chi connectivity index (χ4n) is 8.49. The van der Waals surface area contributed by atoms with Gasteiger partial charge in [0.2, 0.25) is 0 Å². The van der Waals surface area contributed by atoms with Crippen LogP contribution < -0.4 is 0 Å². The number of cyclic esters (lactones) is 1. The predicted octanol–water partition coefficient (Wildman–Crippen LogP) is 1.78. The summed E-state index contributed by atoms with van der Waals surface area (Å²) in [6.45, 7) is 2.36. The van der Waals surface area contributed by atoms with E-state index in [2.05, 4.69) is 6.92 Å². The van der Waals surface area contributed by atoms with E-state index >= 15 is 0 Å². The second kappa shape index (κ2) is 6.30. The molecule has 166 valence electrons. The van der Waals surface area contributed by atoms with Gasteiger partial charge in [-0.15, -0.1) is 0 Å². The molecule has 0 saturated heterocycles. The number of aliphatic hydroxyl groups is 3. The predicted molar refractivity (Wildman–Crippen MR) is 105 cm³/mol. The summed E-state index contributed by atoms with van der Waals surface area (Å²) in [6, 6.07) is 0. The fourth-order valence-corrected chi connectivity index (χ4v) is 8.49. The van der Waals surface area contributed by atoms with Gasteiger partial charge in [-0.05, 0) is 74.7 Å². The van der Waals surface area contributed by atoms with Gasteiger partial charge in [0, 0.05) is 17.9 Å². The van der Waals surface area contributed by atoms with Crippen molar-refractivity contribution in [2.75, 3.05) is 6.61 Å². The number of hydrogen-bond acceptors (Lipinski definition) is 6. The molecule has 1 heterocycles. The Morgan fingerprint density at radius 2 is 1.80 bits per heavy atom. The number of esters is 1. The van der Waals surface area contributed by atoms with E-state index in [4.69, 9.17) is 4.74 Å². The van der Waals surface area contributed by atoms with Gasteiger partial charge in [-0.3, -0.25) is 4.79 Å². The van der Waals surface area contributed by atoms with Gasteiger partial charge in [-0.2, -0.15) is 0 Å². The van der Waals surface area contributed by atoms with Crippen LogP contribution in [0.3, 0.4) is 0 Å². The number of carboxylic acids is 1. The molecule has 7 nitrogen and oxygen atoms in total. The van der Waals surface area contributed by atoms with E-state index in [9.17, 15) is 30.0 Å². The first-order valence-electron chi connectivity index (χ1n) is 11.3. The van der Waals surface area contributed by atoms with Gasteiger partial charge >= 0.3 is 11.9 Å². The standard InChI is InChI=1S/C23H32O7/c1-20-6-3-16-17(23(20,29)9-5-15(20)13-10-18(25)30-12-13)4-7-21(28)11-14(24)2-8-22(16,21)19(26)27/h10,14-17,24,28-29H,2-9,11-12H2,1H3,(H,26,27)/t14-,15+,16-,17+,20-,21+,22-,23+/m1/s1. The zero-order valence-corrected chi connectivity index (χ0v) is 17.5. The van der Waals surface area contributed by atoms with Crippen LogP contribution in [0.2, 0.25) is 0 Å². The minimum absolute atomic E-state index is 0.0460. The maximum Gasteiger partial charge on any atom is 0.331 e. The summed E-state index contributed by atoms with van der Waals surface area (Å²) in [5.41, 5.74) is -3.30. The second-order valence-electron chi connectivity index (χ2n) is 10.8. The number of hydrogen-bond donors (Lipinski definition) is 4. The van der Waals surface area contributed by atoms with Crippen molar-refractivity contribution in [2.24, 2.45) is 28.6 Å². The Balaban J connectivity index is 1.54. The highest BCUT2D eigenvalue weighted by molar-refractivity contribution is 5.85. The number of aliphatic carboxylic acids is 1. The molecule has 0 aromatic carbocycles. The molecule has 0 aromatic rings. The molecule has 4 saturated carbocycles. The second-order valence-corrected chi connectivity index (χ2v) is 10.8. The quantitative estimate of drug-likeness (QED) is 0.502. The molecule has 0 radical (unpaired) electrons. The molecule has 0 bridgehead atoms. The highest BCUT2D eigenvalue weighted by atomic mass is 16.5. The molecular weight excluding hydrogens is 388 g/mol. The summed E-state index contributed by atoms with van der Waals surface area (Å²) in [6.07, 6.45) is 5.00. The molecule has 0 aromatic heterocycles. The highest BCUT2D eigenvalue weighted by Crippen LogP contribution is 2.70. The third-order valence-electron chi connectivity index (χ3n) is 9.94. The Morgan fingerprint density at radius 1 is 1.07 bits per heavy atom. The normalized spacial score (nSPS) is 52.7. The number of carbonyl (C=O) groups is 2. The van der Waals surface area contributed by atoms with E-state index in [0.29, 0.717) is 32.1 Å². The van der Waals surface area contributed by atoms with Crippen molar-refractivity contribution in [1.29, 1.82) is 0 Å². The van der Waals surface area contributed by atoms with Crippen LogP contribution in [-0.2, 0) is 14.3 Å². The largest absolute Gasteiger partial charge is 0.481 e. The van der Waals surface area contributed by atoms with Gasteiger partial charge in [0.1, 0.15) is 6.61 Å². The SMILES string of the molecule is C[C@]12CC[C@@H]3[C@H](CC[C@]4(O)C[C@H](O)CC[C@]34C(=O)O)[C@@]1(O)CC[C@H]2C1=CC(=O)OC1. The number of fused-ring (bicyclic) bond motifs is 5. The molecule has 1 aliphatic heterocycles. The molecule has 5 aliphatic rings. The first-order valence-corrected chi connectivity index (χ1v) is 11.3. The molecule has 0 unspecified atom stereocenters. The third kappa shape index (κ3) is 2.32. The molecule has 7 heteroatoms. The number of ether oxygens (including phenoxy) is 1. The van der Waals surface area contributed by atoms with Gasteiger partial charge in [0.25, 0.3) is 0 Å². The molecule has 4 fully saturated rings. The zero-order chi connectivity index (χ0) is 21.5. The summed E-state index contributed by atoms with van der Waals surface area (Å²) in [4.78, 5) is 24.3. The van der Waals surface area contributed by atoms with E-state index in [1.807, 2.05) is 0 Å². The Hall–Kier alpha value is -1.44. The van der Waals surface area contributed by atoms with Crippen LogP contribution in [0.4, 0.5) is 0 Å². The maximum absolute atomic E-state index is 12.7. The molecule has 4 aliphatic carbocycles. The molecule has 30 heavy (non-hydrogen) atoms. The van der Waals surface area contributed by atoms with E-state index in [1.54, 1.807) is 6.08 Å². The van der Waals surface area contributed by atoms with Gasteiger partial charge < -0.3 is 25.2 Å². The van der Waals surface area contributed by atoms with Crippen molar-refractivity contribution in [3.63, 3.8) is 0 Å². The number of rotatable bonds is 2. The topological polar surface area (TPSA) is 124 Å². The fraction of sp³-hybridized carbons (Fsp3) is 0.826.